The number of hydrogen-bond donors (Lipinski definition) is 2. The number of rotatable bonds is 6. The van der Waals surface area contributed by atoms with Crippen molar-refractivity contribution in [3.8, 4) is 5.75 Å². The molecule has 0 spiro atoms. The average molecular weight is 300 g/mol. The summed E-state index contributed by atoms with van der Waals surface area (Å²) in [5, 5.41) is 3.33. The molecular formula is C17H20N2OS. The summed E-state index contributed by atoms with van der Waals surface area (Å²) < 4.78 is 5.71. The van der Waals surface area contributed by atoms with Crippen LogP contribution in [0, 0.1) is 13.8 Å². The van der Waals surface area contributed by atoms with Gasteiger partial charge in [-0.15, -0.1) is 0 Å². The Morgan fingerprint density at radius 3 is 2.62 bits per heavy atom. The quantitative estimate of drug-likeness (QED) is 0.634. The third-order valence-electron chi connectivity index (χ3n) is 3.12. The molecular weight excluding hydrogens is 280 g/mol. The van der Waals surface area contributed by atoms with Gasteiger partial charge in [0, 0.05) is 17.8 Å². The van der Waals surface area contributed by atoms with E-state index in [1.165, 1.54) is 5.56 Å². The maximum Gasteiger partial charge on any atom is 0.119 e. The molecule has 0 aliphatic heterocycles. The second kappa shape index (κ2) is 7.09. The van der Waals surface area contributed by atoms with E-state index < -0.39 is 0 Å². The van der Waals surface area contributed by atoms with Crippen LogP contribution in [0.15, 0.2) is 42.5 Å². The second-order valence-electron chi connectivity index (χ2n) is 5.01. The molecule has 2 rings (SSSR count). The highest BCUT2D eigenvalue weighted by atomic mass is 32.1. The van der Waals surface area contributed by atoms with Gasteiger partial charge < -0.3 is 15.8 Å². The molecule has 0 radical (unpaired) electrons. The minimum atomic E-state index is 0.400. The lowest BCUT2D eigenvalue weighted by Gasteiger charge is -2.13. The van der Waals surface area contributed by atoms with Gasteiger partial charge in [-0.05, 0) is 49.2 Å². The van der Waals surface area contributed by atoms with E-state index in [2.05, 4.69) is 5.32 Å². The topological polar surface area (TPSA) is 47.3 Å². The summed E-state index contributed by atoms with van der Waals surface area (Å²) in [5.74, 6) is 0.885. The summed E-state index contributed by atoms with van der Waals surface area (Å²) in [6, 6.07) is 14.0. The Labute approximate surface area is 131 Å². The minimum absolute atomic E-state index is 0.400. The van der Waals surface area contributed by atoms with Crippen LogP contribution in [0.3, 0.4) is 0 Å². The highest BCUT2D eigenvalue weighted by molar-refractivity contribution is 7.80. The fraction of sp³-hybridized carbons (Fsp3) is 0.235. The van der Waals surface area contributed by atoms with Gasteiger partial charge in [0.1, 0.15) is 17.3 Å². The van der Waals surface area contributed by atoms with Crippen LogP contribution in [-0.2, 0) is 0 Å². The van der Waals surface area contributed by atoms with Gasteiger partial charge >= 0.3 is 0 Å². The third-order valence-corrected chi connectivity index (χ3v) is 3.34. The summed E-state index contributed by atoms with van der Waals surface area (Å²) in [6.45, 7) is 5.35. The number of ether oxygens (including phenoxy) is 1. The smallest absolute Gasteiger partial charge is 0.119 e. The fourth-order valence-electron chi connectivity index (χ4n) is 2.08. The molecule has 2 aromatic carbocycles. The van der Waals surface area contributed by atoms with E-state index >= 15 is 0 Å². The Bertz CT molecular complexity index is 640. The summed E-state index contributed by atoms with van der Waals surface area (Å²) in [6.07, 6.45) is 0. The molecule has 0 saturated heterocycles. The van der Waals surface area contributed by atoms with Crippen molar-refractivity contribution >= 4 is 22.9 Å². The van der Waals surface area contributed by atoms with Crippen LogP contribution in [-0.4, -0.2) is 18.1 Å². The van der Waals surface area contributed by atoms with Crippen molar-refractivity contribution in [3.05, 3.63) is 59.2 Å². The van der Waals surface area contributed by atoms with Gasteiger partial charge in [0.05, 0.1) is 0 Å². The summed E-state index contributed by atoms with van der Waals surface area (Å²) in [5.41, 5.74) is 9.91. The molecule has 0 bridgehead atoms. The zero-order chi connectivity index (χ0) is 15.2. The third kappa shape index (κ3) is 4.46. The van der Waals surface area contributed by atoms with Gasteiger partial charge in [-0.2, -0.15) is 0 Å². The van der Waals surface area contributed by atoms with Crippen LogP contribution in [0.1, 0.15) is 16.7 Å². The number of nitrogens with one attached hydrogen (secondary N) is 1. The molecule has 3 N–H and O–H groups in total. The molecule has 0 aromatic heterocycles. The Kier molecular flexibility index (Phi) is 5.17. The lowest BCUT2D eigenvalue weighted by molar-refractivity contribution is 0.332. The van der Waals surface area contributed by atoms with Crippen LogP contribution < -0.4 is 15.8 Å². The largest absolute Gasteiger partial charge is 0.492 e. The van der Waals surface area contributed by atoms with E-state index in [1.807, 2.05) is 56.3 Å². The highest BCUT2D eigenvalue weighted by Crippen LogP contribution is 2.17. The van der Waals surface area contributed by atoms with Crippen LogP contribution >= 0.6 is 12.2 Å². The summed E-state index contributed by atoms with van der Waals surface area (Å²) in [7, 11) is 0. The van der Waals surface area contributed by atoms with E-state index in [1.54, 1.807) is 0 Å². The van der Waals surface area contributed by atoms with E-state index in [4.69, 9.17) is 22.7 Å². The molecule has 0 aliphatic carbocycles. The normalized spacial score (nSPS) is 10.2. The highest BCUT2D eigenvalue weighted by Gasteiger charge is 2.05. The van der Waals surface area contributed by atoms with Gasteiger partial charge in [-0.25, -0.2) is 0 Å². The Hall–Kier alpha value is -2.07. The van der Waals surface area contributed by atoms with Crippen LogP contribution in [0.2, 0.25) is 0 Å². The zero-order valence-electron chi connectivity index (χ0n) is 12.3. The number of hydrogen-bond acceptors (Lipinski definition) is 3. The molecule has 0 saturated carbocycles. The first-order valence-corrected chi connectivity index (χ1v) is 7.31. The number of benzene rings is 2. The van der Waals surface area contributed by atoms with Crippen molar-refractivity contribution in [3.63, 3.8) is 0 Å². The van der Waals surface area contributed by atoms with Crippen molar-refractivity contribution in [2.24, 2.45) is 5.73 Å². The molecule has 0 aliphatic rings. The maximum atomic E-state index is 5.74. The molecule has 0 atom stereocenters. The molecule has 21 heavy (non-hydrogen) atoms. The predicted octanol–water partition coefficient (Wildman–Crippen LogP) is 3.43. The second-order valence-corrected chi connectivity index (χ2v) is 5.44. The molecule has 0 fully saturated rings. The predicted molar refractivity (Wildman–Crippen MR) is 92.2 cm³/mol. The number of anilines is 1. The van der Waals surface area contributed by atoms with Crippen LogP contribution in [0.25, 0.3) is 0 Å². The van der Waals surface area contributed by atoms with Crippen molar-refractivity contribution < 1.29 is 4.74 Å². The van der Waals surface area contributed by atoms with E-state index in [0.29, 0.717) is 18.1 Å². The molecule has 4 heteroatoms. The van der Waals surface area contributed by atoms with E-state index in [9.17, 15) is 0 Å². The van der Waals surface area contributed by atoms with Gasteiger partial charge in [-0.3, -0.25) is 0 Å². The first kappa shape index (κ1) is 15.3. The Balaban J connectivity index is 1.91. The van der Waals surface area contributed by atoms with Crippen molar-refractivity contribution in [2.45, 2.75) is 13.8 Å². The van der Waals surface area contributed by atoms with E-state index in [0.717, 1.165) is 22.6 Å². The SMILES string of the molecule is Cc1cccc(OCCNc2cc(C)ccc2C(N)=S)c1. The first-order chi connectivity index (χ1) is 10.1. The number of nitrogens with two attached hydrogens (primary N) is 1. The van der Waals surface area contributed by atoms with Crippen molar-refractivity contribution in [1.82, 2.24) is 0 Å². The Morgan fingerprint density at radius 2 is 1.90 bits per heavy atom. The van der Waals surface area contributed by atoms with Crippen LogP contribution in [0.5, 0.6) is 5.75 Å². The van der Waals surface area contributed by atoms with E-state index in [-0.39, 0.29) is 0 Å². The molecule has 0 amide bonds. The molecule has 0 unspecified atom stereocenters. The lowest BCUT2D eigenvalue weighted by Crippen LogP contribution is -2.16. The lowest BCUT2D eigenvalue weighted by atomic mass is 10.1. The minimum Gasteiger partial charge on any atom is -0.492 e. The van der Waals surface area contributed by atoms with Gasteiger partial charge in [0.15, 0.2) is 0 Å². The van der Waals surface area contributed by atoms with Gasteiger partial charge in [-0.1, -0.05) is 30.4 Å². The summed E-state index contributed by atoms with van der Waals surface area (Å²) >= 11 is 5.07. The molecule has 2 aromatic rings. The first-order valence-electron chi connectivity index (χ1n) is 6.90. The zero-order valence-corrected chi connectivity index (χ0v) is 13.2. The van der Waals surface area contributed by atoms with Crippen molar-refractivity contribution in [1.29, 1.82) is 0 Å². The number of thiocarbonyl (C=S) groups is 1. The molecule has 110 valence electrons. The summed E-state index contributed by atoms with van der Waals surface area (Å²) in [4.78, 5) is 0.400. The Morgan fingerprint density at radius 1 is 1.14 bits per heavy atom. The van der Waals surface area contributed by atoms with Gasteiger partial charge in [0.2, 0.25) is 0 Å². The molecule has 3 nitrogen and oxygen atoms in total. The number of aryl methyl sites for hydroxylation is 2. The van der Waals surface area contributed by atoms with Gasteiger partial charge in [0.25, 0.3) is 0 Å². The maximum absolute atomic E-state index is 5.74. The average Bonchev–Trinajstić information content (AvgIpc) is 2.43. The monoisotopic (exact) mass is 300 g/mol. The van der Waals surface area contributed by atoms with Crippen LogP contribution in [0.4, 0.5) is 5.69 Å². The van der Waals surface area contributed by atoms with Crippen molar-refractivity contribution in [2.75, 3.05) is 18.5 Å². The fourth-order valence-corrected chi connectivity index (χ4v) is 2.26. The molecule has 0 heterocycles. The standard InChI is InChI=1S/C17H20N2OS/c1-12-4-3-5-14(10-12)20-9-8-19-16-11-13(2)6-7-15(16)17(18)21/h3-7,10-11,19H,8-9H2,1-2H3,(H2,18,21).